The van der Waals surface area contributed by atoms with E-state index in [4.69, 9.17) is 0 Å². The molecular formula is C27H27F2N9O. The molecule has 0 aromatic carbocycles. The Morgan fingerprint density at radius 3 is 2.74 bits per heavy atom. The minimum Gasteiger partial charge on any atom is -0.354 e. The third kappa shape index (κ3) is 5.10. The number of H-pyrrole nitrogens is 1. The number of alkyl halides is 2. The van der Waals surface area contributed by atoms with Crippen molar-refractivity contribution in [3.05, 3.63) is 66.9 Å². The van der Waals surface area contributed by atoms with E-state index in [-0.39, 0.29) is 5.56 Å². The monoisotopic (exact) mass is 531 g/mol. The van der Waals surface area contributed by atoms with Crippen LogP contribution in [0.25, 0.3) is 27.7 Å². The van der Waals surface area contributed by atoms with Gasteiger partial charge in [0.2, 0.25) is 0 Å². The summed E-state index contributed by atoms with van der Waals surface area (Å²) in [5.41, 5.74) is 4.91. The molecule has 3 N–H and O–H groups in total. The highest BCUT2D eigenvalue weighted by Crippen LogP contribution is 2.32. The zero-order valence-corrected chi connectivity index (χ0v) is 21.2. The van der Waals surface area contributed by atoms with Gasteiger partial charge in [0.05, 0.1) is 35.7 Å². The standard InChI is InChI=1S/C27H27F2N9O/c1-36-6-8-37(9-7-36)25-12-18(2-4-30-25)35-19-11-20-21(14-32-26(20)31-13-19)17-3-5-38-23(10-17)22(15-34-38)27(39)33-16-24(28)29/h2-5,10-15,24H,6-9,16H2,1H3,(H,30,35)(H,31,32)(H,33,39). The van der Waals surface area contributed by atoms with Crippen LogP contribution in [0.15, 0.2) is 61.3 Å². The van der Waals surface area contributed by atoms with Gasteiger partial charge in [-0.1, -0.05) is 0 Å². The van der Waals surface area contributed by atoms with Gasteiger partial charge >= 0.3 is 0 Å². The number of piperazine rings is 1. The molecule has 0 radical (unpaired) electrons. The predicted molar refractivity (Wildman–Crippen MR) is 146 cm³/mol. The minimum atomic E-state index is -2.63. The lowest BCUT2D eigenvalue weighted by Gasteiger charge is -2.33. The van der Waals surface area contributed by atoms with Crippen LogP contribution in [0, 0.1) is 0 Å². The molecule has 0 saturated carbocycles. The molecule has 6 heterocycles. The number of hydrogen-bond donors (Lipinski definition) is 3. The number of likely N-dealkylation sites (N-methyl/N-ethyl adjacent to an activating group) is 1. The molecule has 0 spiro atoms. The van der Waals surface area contributed by atoms with Crippen molar-refractivity contribution in [1.82, 2.24) is 34.8 Å². The Morgan fingerprint density at radius 1 is 1.08 bits per heavy atom. The molecule has 12 heteroatoms. The van der Waals surface area contributed by atoms with Crippen molar-refractivity contribution in [2.24, 2.45) is 0 Å². The molecule has 0 unspecified atom stereocenters. The molecule has 0 aliphatic carbocycles. The number of aromatic amines is 1. The Bertz CT molecular complexity index is 1640. The van der Waals surface area contributed by atoms with Crippen molar-refractivity contribution in [3.63, 3.8) is 0 Å². The topological polar surface area (TPSA) is 106 Å². The van der Waals surface area contributed by atoms with Gasteiger partial charge in [0, 0.05) is 67.5 Å². The van der Waals surface area contributed by atoms with Crippen molar-refractivity contribution in [3.8, 4) is 11.1 Å². The molecule has 1 aliphatic rings. The van der Waals surface area contributed by atoms with Crippen LogP contribution in [0.4, 0.5) is 26.0 Å². The number of hydrogen-bond acceptors (Lipinski definition) is 7. The average Bonchev–Trinajstić information content (AvgIpc) is 3.56. The maximum absolute atomic E-state index is 12.6. The van der Waals surface area contributed by atoms with E-state index in [1.165, 1.54) is 6.20 Å². The first kappa shape index (κ1) is 24.7. The lowest BCUT2D eigenvalue weighted by atomic mass is 10.1. The minimum absolute atomic E-state index is 0.228. The van der Waals surface area contributed by atoms with Gasteiger partial charge in [-0.2, -0.15) is 5.10 Å². The lowest BCUT2D eigenvalue weighted by Crippen LogP contribution is -2.44. The Morgan fingerprint density at radius 2 is 1.92 bits per heavy atom. The summed E-state index contributed by atoms with van der Waals surface area (Å²) < 4.78 is 26.7. The van der Waals surface area contributed by atoms with Crippen LogP contribution in [0.1, 0.15) is 10.4 Å². The quantitative estimate of drug-likeness (QED) is 0.294. The van der Waals surface area contributed by atoms with Crippen molar-refractivity contribution >= 4 is 39.6 Å². The molecule has 200 valence electrons. The maximum Gasteiger partial charge on any atom is 0.255 e. The van der Waals surface area contributed by atoms with E-state index < -0.39 is 18.9 Å². The van der Waals surface area contributed by atoms with Gasteiger partial charge in [-0.15, -0.1) is 0 Å². The lowest BCUT2D eigenvalue weighted by molar-refractivity contribution is 0.0893. The van der Waals surface area contributed by atoms with Crippen LogP contribution in [0.2, 0.25) is 0 Å². The number of pyridine rings is 3. The molecule has 1 aliphatic heterocycles. The second-order valence-corrected chi connectivity index (χ2v) is 9.55. The Labute approximate surface area is 222 Å². The summed E-state index contributed by atoms with van der Waals surface area (Å²) in [6.45, 7) is 3.16. The zero-order valence-electron chi connectivity index (χ0n) is 21.2. The van der Waals surface area contributed by atoms with Gasteiger partial charge in [0.1, 0.15) is 11.5 Å². The van der Waals surface area contributed by atoms with Crippen molar-refractivity contribution in [2.45, 2.75) is 6.43 Å². The molecule has 1 saturated heterocycles. The molecule has 5 aromatic heterocycles. The fraction of sp³-hybridized carbons (Fsp3) is 0.259. The second kappa shape index (κ2) is 10.3. The fourth-order valence-corrected chi connectivity index (χ4v) is 4.77. The predicted octanol–water partition coefficient (Wildman–Crippen LogP) is 3.76. The van der Waals surface area contributed by atoms with E-state index in [2.05, 4.69) is 47.5 Å². The molecule has 1 fully saturated rings. The molecule has 0 atom stereocenters. The number of halogens is 2. The largest absolute Gasteiger partial charge is 0.354 e. The van der Waals surface area contributed by atoms with E-state index in [9.17, 15) is 13.6 Å². The third-order valence-electron chi connectivity index (χ3n) is 6.89. The van der Waals surface area contributed by atoms with Crippen LogP contribution in [-0.2, 0) is 0 Å². The number of amides is 1. The smallest absolute Gasteiger partial charge is 0.255 e. The highest BCUT2D eigenvalue weighted by molar-refractivity contribution is 6.02. The number of rotatable bonds is 7. The Hall–Kier alpha value is -4.58. The number of anilines is 3. The summed E-state index contributed by atoms with van der Waals surface area (Å²) in [5, 5.41) is 10.8. The highest BCUT2D eigenvalue weighted by Gasteiger charge is 2.17. The van der Waals surface area contributed by atoms with Crippen LogP contribution in [0.5, 0.6) is 0 Å². The van der Waals surface area contributed by atoms with Crippen LogP contribution < -0.4 is 15.5 Å². The van der Waals surface area contributed by atoms with E-state index in [1.54, 1.807) is 23.1 Å². The first-order chi connectivity index (χ1) is 18.9. The summed E-state index contributed by atoms with van der Waals surface area (Å²) in [7, 11) is 2.13. The molecule has 39 heavy (non-hydrogen) atoms. The van der Waals surface area contributed by atoms with Gasteiger partial charge in [-0.25, -0.2) is 23.3 Å². The van der Waals surface area contributed by atoms with Crippen LogP contribution in [0.3, 0.4) is 0 Å². The zero-order chi connectivity index (χ0) is 26.9. The van der Waals surface area contributed by atoms with Gasteiger partial charge < -0.3 is 25.4 Å². The van der Waals surface area contributed by atoms with Crippen molar-refractivity contribution in [2.75, 3.05) is 50.0 Å². The average molecular weight is 532 g/mol. The third-order valence-corrected chi connectivity index (χ3v) is 6.89. The van der Waals surface area contributed by atoms with Crippen LogP contribution in [-0.4, -0.2) is 81.6 Å². The molecule has 10 nitrogen and oxygen atoms in total. The Balaban J connectivity index is 1.28. The number of fused-ring (bicyclic) bond motifs is 2. The summed E-state index contributed by atoms with van der Waals surface area (Å²) in [6, 6.07) is 9.69. The maximum atomic E-state index is 12.6. The molecule has 5 aromatic rings. The number of nitrogens with zero attached hydrogens (tertiary/aromatic N) is 6. The van der Waals surface area contributed by atoms with Crippen LogP contribution >= 0.6 is 0 Å². The van der Waals surface area contributed by atoms with Crippen molar-refractivity contribution < 1.29 is 13.6 Å². The first-order valence-electron chi connectivity index (χ1n) is 12.6. The Kier molecular flexibility index (Phi) is 6.53. The summed E-state index contributed by atoms with van der Waals surface area (Å²) in [4.78, 5) is 29.4. The molecular weight excluding hydrogens is 504 g/mol. The van der Waals surface area contributed by atoms with Gasteiger partial charge in [-0.05, 0) is 36.9 Å². The van der Waals surface area contributed by atoms with Gasteiger partial charge in [-0.3, -0.25) is 4.79 Å². The van der Waals surface area contributed by atoms with E-state index in [0.717, 1.165) is 59.9 Å². The molecule has 1 amide bonds. The summed E-state index contributed by atoms with van der Waals surface area (Å²) >= 11 is 0. The number of nitrogens with one attached hydrogen (secondary N) is 3. The van der Waals surface area contributed by atoms with Crippen molar-refractivity contribution in [1.29, 1.82) is 0 Å². The SMILES string of the molecule is CN1CCN(c2cc(Nc3cnc4[nH]cc(-c5ccn6ncc(C(=O)NCC(F)F)c6c5)c4c3)ccn2)CC1. The van der Waals surface area contributed by atoms with E-state index >= 15 is 0 Å². The van der Waals surface area contributed by atoms with E-state index in [0.29, 0.717) is 11.2 Å². The normalized spacial score (nSPS) is 14.4. The number of carbonyl (C=O) groups excluding carboxylic acids is 1. The molecule has 6 rings (SSSR count). The first-order valence-corrected chi connectivity index (χ1v) is 12.6. The number of carbonyl (C=O) groups is 1. The second-order valence-electron chi connectivity index (χ2n) is 9.55. The molecule has 0 bridgehead atoms. The number of aromatic nitrogens is 5. The summed E-state index contributed by atoms with van der Waals surface area (Å²) in [6.07, 6.45) is 5.92. The fourth-order valence-electron chi connectivity index (χ4n) is 4.77. The van der Waals surface area contributed by atoms with Gasteiger partial charge in [0.25, 0.3) is 12.3 Å². The van der Waals surface area contributed by atoms with Gasteiger partial charge in [0.15, 0.2) is 0 Å². The summed E-state index contributed by atoms with van der Waals surface area (Å²) in [5.74, 6) is 0.342. The van der Waals surface area contributed by atoms with E-state index in [1.807, 2.05) is 36.5 Å². The highest BCUT2D eigenvalue weighted by atomic mass is 19.3.